The Balaban J connectivity index is 1.92. The predicted octanol–water partition coefficient (Wildman–Crippen LogP) is 2.62. The molecule has 1 saturated heterocycles. The Kier molecular flexibility index (Phi) is 1.93. The van der Waals surface area contributed by atoms with Gasteiger partial charge in [-0.2, -0.15) is 0 Å². The van der Waals surface area contributed by atoms with Crippen molar-refractivity contribution in [3.05, 3.63) is 0 Å². The minimum absolute atomic E-state index is 0.0607. The van der Waals surface area contributed by atoms with E-state index in [1.165, 1.54) is 6.42 Å². The molecule has 5 atom stereocenters. The zero-order valence-corrected chi connectivity index (χ0v) is 9.66. The smallest absolute Gasteiger partial charge is 0.312 e. The summed E-state index contributed by atoms with van der Waals surface area (Å²) in [5, 5.41) is 0. The lowest BCUT2D eigenvalue weighted by Gasteiger charge is -2.43. The molecule has 2 nitrogen and oxygen atoms in total. The Morgan fingerprint density at radius 1 is 1.33 bits per heavy atom. The topological polar surface area (TPSA) is 26.3 Å². The largest absolute Gasteiger partial charge is 0.465 e. The summed E-state index contributed by atoms with van der Waals surface area (Å²) in [6.07, 6.45) is 4.56. The highest BCUT2D eigenvalue weighted by Gasteiger charge is 2.61. The van der Waals surface area contributed by atoms with Gasteiger partial charge in [0.05, 0.1) is 12.0 Å². The summed E-state index contributed by atoms with van der Waals surface area (Å²) >= 11 is 0. The lowest BCUT2D eigenvalue weighted by atomic mass is 9.63. The van der Waals surface area contributed by atoms with Crippen molar-refractivity contribution in [2.24, 2.45) is 29.1 Å². The van der Waals surface area contributed by atoms with Gasteiger partial charge in [0.15, 0.2) is 0 Å². The summed E-state index contributed by atoms with van der Waals surface area (Å²) in [5.41, 5.74) is -0.0607. The summed E-state index contributed by atoms with van der Waals surface area (Å²) in [6.45, 7) is 5.34. The van der Waals surface area contributed by atoms with Crippen molar-refractivity contribution in [2.45, 2.75) is 39.5 Å². The fourth-order valence-corrected chi connectivity index (χ4v) is 4.49. The van der Waals surface area contributed by atoms with E-state index in [4.69, 9.17) is 4.74 Å². The Hall–Kier alpha value is -0.530. The van der Waals surface area contributed by atoms with Crippen molar-refractivity contribution >= 4 is 5.97 Å². The van der Waals surface area contributed by atoms with Gasteiger partial charge in [-0.3, -0.25) is 4.79 Å². The number of rotatable bonds is 0. The predicted molar refractivity (Wildman–Crippen MR) is 57.2 cm³/mol. The molecule has 2 bridgehead atoms. The van der Waals surface area contributed by atoms with E-state index in [-0.39, 0.29) is 11.4 Å². The first-order valence-corrected chi connectivity index (χ1v) is 6.32. The minimum Gasteiger partial charge on any atom is -0.465 e. The Morgan fingerprint density at radius 2 is 2.13 bits per heavy atom. The van der Waals surface area contributed by atoms with Crippen LogP contribution in [-0.4, -0.2) is 12.6 Å². The van der Waals surface area contributed by atoms with Crippen LogP contribution in [0.4, 0.5) is 0 Å². The van der Waals surface area contributed by atoms with Gasteiger partial charge in [-0.05, 0) is 49.4 Å². The fourth-order valence-electron chi connectivity index (χ4n) is 4.49. The van der Waals surface area contributed by atoms with E-state index in [2.05, 4.69) is 13.8 Å². The number of ether oxygens (including phenoxy) is 1. The van der Waals surface area contributed by atoms with Crippen molar-refractivity contribution in [1.82, 2.24) is 0 Å². The van der Waals surface area contributed by atoms with Crippen LogP contribution in [0, 0.1) is 29.1 Å². The van der Waals surface area contributed by atoms with Crippen molar-refractivity contribution < 1.29 is 9.53 Å². The van der Waals surface area contributed by atoms with Crippen LogP contribution in [0.25, 0.3) is 0 Å². The highest BCUT2D eigenvalue weighted by molar-refractivity contribution is 5.78. The van der Waals surface area contributed by atoms with Crippen molar-refractivity contribution in [2.75, 3.05) is 6.61 Å². The third kappa shape index (κ3) is 1.08. The van der Waals surface area contributed by atoms with Crippen molar-refractivity contribution in [1.29, 1.82) is 0 Å². The van der Waals surface area contributed by atoms with Crippen molar-refractivity contribution in [3.63, 3.8) is 0 Å². The maximum atomic E-state index is 12.0. The molecule has 2 heteroatoms. The van der Waals surface area contributed by atoms with E-state index in [0.717, 1.165) is 37.0 Å². The maximum absolute atomic E-state index is 12.0. The molecule has 0 N–H and O–H groups in total. The normalized spacial score (nSPS) is 53.6. The summed E-state index contributed by atoms with van der Waals surface area (Å²) in [6, 6.07) is 0. The molecule has 2 aliphatic carbocycles. The van der Waals surface area contributed by atoms with E-state index in [9.17, 15) is 4.79 Å². The van der Waals surface area contributed by atoms with Gasteiger partial charge in [0, 0.05) is 0 Å². The molecule has 3 aliphatic rings. The molecule has 5 unspecified atom stereocenters. The molecular weight excluding hydrogens is 188 g/mol. The lowest BCUT2D eigenvalue weighted by Crippen LogP contribution is -2.45. The third-order valence-corrected chi connectivity index (χ3v) is 5.51. The second-order valence-corrected chi connectivity index (χ2v) is 5.92. The molecule has 84 valence electrons. The number of esters is 1. The van der Waals surface area contributed by atoms with Gasteiger partial charge >= 0.3 is 5.97 Å². The van der Waals surface area contributed by atoms with Gasteiger partial charge in [0.1, 0.15) is 0 Å². The zero-order valence-electron chi connectivity index (χ0n) is 9.66. The average Bonchev–Trinajstić information content (AvgIpc) is 2.72. The minimum atomic E-state index is -0.0607. The van der Waals surface area contributed by atoms with E-state index in [1.807, 2.05) is 0 Å². The molecular formula is C13H20O2. The van der Waals surface area contributed by atoms with Crippen LogP contribution in [-0.2, 0) is 9.53 Å². The molecule has 0 amide bonds. The van der Waals surface area contributed by atoms with Gasteiger partial charge in [-0.1, -0.05) is 13.8 Å². The first-order valence-electron chi connectivity index (χ1n) is 6.32. The maximum Gasteiger partial charge on any atom is 0.312 e. The highest BCUT2D eigenvalue weighted by atomic mass is 16.5. The SMILES string of the molecule is CC1C2CC(C1C)C1(CCCOC1=O)C2. The van der Waals surface area contributed by atoms with Crippen LogP contribution in [0.1, 0.15) is 39.5 Å². The summed E-state index contributed by atoms with van der Waals surface area (Å²) in [7, 11) is 0. The lowest BCUT2D eigenvalue weighted by molar-refractivity contribution is -0.169. The molecule has 0 aromatic heterocycles. The second kappa shape index (κ2) is 2.99. The Morgan fingerprint density at radius 3 is 2.73 bits per heavy atom. The molecule has 0 aromatic rings. The number of hydrogen-bond donors (Lipinski definition) is 0. The van der Waals surface area contributed by atoms with Crippen LogP contribution in [0.15, 0.2) is 0 Å². The highest BCUT2D eigenvalue weighted by Crippen LogP contribution is 2.63. The molecule has 1 aliphatic heterocycles. The van der Waals surface area contributed by atoms with Gasteiger partial charge in [0.25, 0.3) is 0 Å². The number of carbonyl (C=O) groups is 1. The van der Waals surface area contributed by atoms with E-state index in [1.54, 1.807) is 0 Å². The zero-order chi connectivity index (χ0) is 10.6. The van der Waals surface area contributed by atoms with Crippen LogP contribution in [0.3, 0.4) is 0 Å². The number of fused-ring (bicyclic) bond motifs is 3. The van der Waals surface area contributed by atoms with Crippen molar-refractivity contribution in [3.8, 4) is 0 Å². The van der Waals surface area contributed by atoms with E-state index >= 15 is 0 Å². The number of carbonyl (C=O) groups excluding carboxylic acids is 1. The van der Waals surface area contributed by atoms with Crippen LogP contribution in [0.2, 0.25) is 0 Å². The fraction of sp³-hybridized carbons (Fsp3) is 0.923. The summed E-state index contributed by atoms with van der Waals surface area (Å²) in [4.78, 5) is 12.0. The molecule has 3 fully saturated rings. The summed E-state index contributed by atoms with van der Waals surface area (Å²) in [5.74, 6) is 3.06. The first kappa shape index (κ1) is 9.68. The molecule has 15 heavy (non-hydrogen) atoms. The number of cyclic esters (lactones) is 1. The molecule has 1 spiro atoms. The van der Waals surface area contributed by atoms with Crippen LogP contribution >= 0.6 is 0 Å². The molecule has 3 rings (SSSR count). The van der Waals surface area contributed by atoms with Crippen LogP contribution in [0.5, 0.6) is 0 Å². The van der Waals surface area contributed by atoms with E-state index < -0.39 is 0 Å². The van der Waals surface area contributed by atoms with Gasteiger partial charge in [-0.15, -0.1) is 0 Å². The quantitative estimate of drug-likeness (QED) is 0.572. The average molecular weight is 208 g/mol. The Bertz CT molecular complexity index is 297. The first-order chi connectivity index (χ1) is 7.15. The third-order valence-electron chi connectivity index (χ3n) is 5.51. The summed E-state index contributed by atoms with van der Waals surface area (Å²) < 4.78 is 5.31. The molecule has 0 radical (unpaired) electrons. The van der Waals surface area contributed by atoms with Crippen LogP contribution < -0.4 is 0 Å². The Labute approximate surface area is 91.4 Å². The van der Waals surface area contributed by atoms with Gasteiger partial charge in [-0.25, -0.2) is 0 Å². The second-order valence-electron chi connectivity index (χ2n) is 5.92. The number of hydrogen-bond acceptors (Lipinski definition) is 2. The van der Waals surface area contributed by atoms with Gasteiger partial charge in [0.2, 0.25) is 0 Å². The molecule has 2 saturated carbocycles. The molecule has 1 heterocycles. The van der Waals surface area contributed by atoms with E-state index in [0.29, 0.717) is 12.5 Å². The van der Waals surface area contributed by atoms with Gasteiger partial charge < -0.3 is 4.74 Å². The monoisotopic (exact) mass is 208 g/mol. The standard InChI is InChI=1S/C13H20O2/c1-8-9(2)11-6-10(8)7-13(11)4-3-5-15-12(13)14/h8-11H,3-7H2,1-2H3. The molecule has 0 aromatic carbocycles.